The maximum atomic E-state index is 5.24. The Morgan fingerprint density at radius 3 is 1.59 bits per heavy atom. The number of hydrogen-bond donors (Lipinski definition) is 0. The highest BCUT2D eigenvalue weighted by Gasteiger charge is 2.43. The monoisotopic (exact) mass is 598 g/mol. The van der Waals surface area contributed by atoms with Crippen molar-refractivity contribution in [3.8, 4) is 33.9 Å². The number of hydrogen-bond acceptors (Lipinski definition) is 6. The van der Waals surface area contributed by atoms with Gasteiger partial charge in [-0.3, -0.25) is 0 Å². The maximum absolute atomic E-state index is 5.24. The Kier molecular flexibility index (Phi) is 5.92. The van der Waals surface area contributed by atoms with Gasteiger partial charge in [-0.15, -0.1) is 22.7 Å². The van der Waals surface area contributed by atoms with E-state index in [1.165, 1.54) is 41.5 Å². The van der Waals surface area contributed by atoms with Gasteiger partial charge in [0.25, 0.3) is 0 Å². The van der Waals surface area contributed by atoms with Gasteiger partial charge in [-0.05, 0) is 23.0 Å². The van der Waals surface area contributed by atoms with Gasteiger partial charge in [0.15, 0.2) is 11.6 Å². The second kappa shape index (κ2) is 10.3. The van der Waals surface area contributed by atoms with Gasteiger partial charge in [0.05, 0.1) is 5.00 Å². The third kappa shape index (κ3) is 4.01. The topological polar surface area (TPSA) is 41.9 Å². The van der Waals surface area contributed by atoms with Crippen molar-refractivity contribution in [2.24, 2.45) is 0 Å². The molecule has 8 aromatic rings. The number of benzene rings is 5. The first kappa shape index (κ1) is 25.4. The zero-order valence-corrected chi connectivity index (χ0v) is 25.1. The predicted molar refractivity (Wildman–Crippen MR) is 187 cm³/mol. The molecule has 0 unspecified atom stereocenters. The van der Waals surface area contributed by atoms with E-state index in [2.05, 4.69) is 108 Å². The largest absolute Gasteiger partial charge is 0.343 e. The van der Waals surface area contributed by atoms with Crippen LogP contribution in [0.1, 0.15) is 0 Å². The summed E-state index contributed by atoms with van der Waals surface area (Å²) in [5.74, 6) is 1.96. The summed E-state index contributed by atoms with van der Waals surface area (Å²) in [5, 5.41) is 3.71. The highest BCUT2D eigenvalue weighted by atomic mass is 32.1. The molecule has 206 valence electrons. The van der Waals surface area contributed by atoms with Crippen molar-refractivity contribution in [1.82, 2.24) is 15.0 Å². The first-order valence-electron chi connectivity index (χ1n) is 14.6. The third-order valence-corrected chi connectivity index (χ3v) is 10.6. The van der Waals surface area contributed by atoms with Crippen LogP contribution >= 0.6 is 22.7 Å². The van der Waals surface area contributed by atoms with Gasteiger partial charge in [-0.1, -0.05) is 127 Å². The highest BCUT2D eigenvalue weighted by molar-refractivity contribution is 7.33. The van der Waals surface area contributed by atoms with Crippen LogP contribution in [-0.2, 0) is 0 Å². The molecule has 0 spiro atoms. The van der Waals surface area contributed by atoms with Crippen LogP contribution in [0.2, 0.25) is 0 Å². The molecule has 3 aromatic heterocycles. The molecule has 1 aliphatic rings. The summed E-state index contributed by atoms with van der Waals surface area (Å²) < 4.78 is 3.83. The number of fused-ring (bicyclic) bond motifs is 7. The first-order valence-corrected chi connectivity index (χ1v) is 16.2. The van der Waals surface area contributed by atoms with Crippen molar-refractivity contribution in [3.63, 3.8) is 0 Å². The SMILES string of the molecule is c1ccc(B2c3sc4ccccc4c3-c3c(sc4ccccc34)N2c2nc(-c3ccccc3)nc(-c3ccccc3)n2)cc1. The summed E-state index contributed by atoms with van der Waals surface area (Å²) >= 11 is 3.68. The number of anilines is 2. The van der Waals surface area contributed by atoms with E-state index >= 15 is 0 Å². The molecule has 1 aliphatic heterocycles. The van der Waals surface area contributed by atoms with Crippen LogP contribution in [0.25, 0.3) is 54.1 Å². The van der Waals surface area contributed by atoms with E-state index in [1.807, 2.05) is 59.1 Å². The fraction of sp³-hybridized carbons (Fsp3) is 0. The Morgan fingerprint density at radius 2 is 0.977 bits per heavy atom. The second-order valence-electron chi connectivity index (χ2n) is 10.8. The number of rotatable bonds is 4. The molecule has 0 aliphatic carbocycles. The fourth-order valence-corrected chi connectivity index (χ4v) is 8.81. The van der Waals surface area contributed by atoms with Crippen molar-refractivity contribution >= 4 is 70.9 Å². The Hall–Kier alpha value is -5.11. The lowest BCUT2D eigenvalue weighted by atomic mass is 9.50. The minimum Gasteiger partial charge on any atom is -0.336 e. The van der Waals surface area contributed by atoms with Crippen LogP contribution < -0.4 is 15.1 Å². The van der Waals surface area contributed by atoms with Crippen molar-refractivity contribution in [2.75, 3.05) is 4.81 Å². The van der Waals surface area contributed by atoms with Crippen LogP contribution in [-0.4, -0.2) is 21.8 Å². The lowest BCUT2D eigenvalue weighted by Crippen LogP contribution is -2.56. The lowest BCUT2D eigenvalue weighted by Gasteiger charge is -2.34. The molecule has 4 nitrogen and oxygen atoms in total. The van der Waals surface area contributed by atoms with E-state index < -0.39 is 0 Å². The Morgan fingerprint density at radius 1 is 0.477 bits per heavy atom. The quantitative estimate of drug-likeness (QED) is 0.190. The smallest absolute Gasteiger partial charge is 0.336 e. The molecule has 44 heavy (non-hydrogen) atoms. The molecule has 0 bridgehead atoms. The van der Waals surface area contributed by atoms with Gasteiger partial charge in [-0.25, -0.2) is 4.98 Å². The second-order valence-corrected chi connectivity index (χ2v) is 12.9. The van der Waals surface area contributed by atoms with E-state index in [4.69, 9.17) is 15.0 Å². The van der Waals surface area contributed by atoms with Crippen LogP contribution in [0.5, 0.6) is 0 Å². The molecule has 0 atom stereocenters. The normalized spacial score (nSPS) is 12.5. The fourth-order valence-electron chi connectivity index (χ4n) is 6.24. The summed E-state index contributed by atoms with van der Waals surface area (Å²) in [6.07, 6.45) is 0. The standard InChI is InChI=1S/C37H23BN4S2/c1-4-14-24(15-5-1)34-39-35(25-16-6-2-7-17-25)41-37(40-34)42-36-32(28-21-11-13-23-30(28)44-36)31-27-20-10-12-22-29(27)43-33(31)38(42)26-18-8-3-9-19-26/h1-23H. The van der Waals surface area contributed by atoms with Gasteiger partial charge in [-0.2, -0.15) is 9.97 Å². The molecule has 7 heteroatoms. The van der Waals surface area contributed by atoms with Crippen LogP contribution in [0.3, 0.4) is 0 Å². The molecule has 0 radical (unpaired) electrons. The van der Waals surface area contributed by atoms with E-state index in [1.54, 1.807) is 0 Å². The Bertz CT molecular complexity index is 2240. The van der Waals surface area contributed by atoms with Gasteiger partial charge in [0, 0.05) is 41.8 Å². The Labute approximate surface area is 263 Å². The first-order chi connectivity index (χ1) is 21.8. The van der Waals surface area contributed by atoms with Crippen molar-refractivity contribution in [2.45, 2.75) is 0 Å². The van der Waals surface area contributed by atoms with Crippen LogP contribution in [0.15, 0.2) is 140 Å². The number of thiophene rings is 2. The van der Waals surface area contributed by atoms with Crippen molar-refractivity contribution in [1.29, 1.82) is 0 Å². The highest BCUT2D eigenvalue weighted by Crippen LogP contribution is 2.52. The minimum absolute atomic E-state index is 0.112. The van der Waals surface area contributed by atoms with Gasteiger partial charge in [0.2, 0.25) is 5.95 Å². The van der Waals surface area contributed by atoms with Crippen LogP contribution in [0, 0.1) is 0 Å². The molecule has 0 saturated carbocycles. The summed E-state index contributed by atoms with van der Waals surface area (Å²) in [5.41, 5.74) is 5.70. The molecule has 5 aromatic carbocycles. The maximum Gasteiger partial charge on any atom is 0.343 e. The number of aromatic nitrogens is 3. The average Bonchev–Trinajstić information content (AvgIpc) is 3.67. The zero-order valence-electron chi connectivity index (χ0n) is 23.5. The van der Waals surface area contributed by atoms with Gasteiger partial charge in [0.1, 0.15) is 0 Å². The van der Waals surface area contributed by atoms with Gasteiger partial charge < -0.3 is 4.81 Å². The van der Waals surface area contributed by atoms with E-state index in [9.17, 15) is 0 Å². The molecule has 0 saturated heterocycles. The summed E-state index contributed by atoms with van der Waals surface area (Å²) in [6.45, 7) is -0.112. The molecular weight excluding hydrogens is 575 g/mol. The predicted octanol–water partition coefficient (Wildman–Crippen LogP) is 8.56. The third-order valence-electron chi connectivity index (χ3n) is 8.19. The molecule has 9 rings (SSSR count). The summed E-state index contributed by atoms with van der Waals surface area (Å²) in [6, 6.07) is 48.7. The van der Waals surface area contributed by atoms with E-state index in [-0.39, 0.29) is 6.85 Å². The minimum atomic E-state index is -0.112. The summed E-state index contributed by atoms with van der Waals surface area (Å²) in [4.78, 5) is 17.8. The van der Waals surface area contributed by atoms with E-state index in [0.717, 1.165) is 16.1 Å². The van der Waals surface area contributed by atoms with Crippen LogP contribution in [0.4, 0.5) is 10.9 Å². The van der Waals surface area contributed by atoms with Crippen molar-refractivity contribution < 1.29 is 0 Å². The van der Waals surface area contributed by atoms with Crippen molar-refractivity contribution in [3.05, 3.63) is 140 Å². The molecule has 0 fully saturated rings. The lowest BCUT2D eigenvalue weighted by molar-refractivity contribution is 1.05. The van der Waals surface area contributed by atoms with Gasteiger partial charge >= 0.3 is 6.85 Å². The molecule has 0 N–H and O–H groups in total. The molecule has 0 amide bonds. The molecular formula is C37H23BN4S2. The Balaban J connectivity index is 1.39. The average molecular weight is 599 g/mol. The number of nitrogens with zero attached hydrogens (tertiary/aromatic N) is 4. The summed E-state index contributed by atoms with van der Waals surface area (Å²) in [7, 11) is 0. The van der Waals surface area contributed by atoms with E-state index in [0.29, 0.717) is 17.6 Å². The molecule has 4 heterocycles. The zero-order chi connectivity index (χ0) is 29.0.